The Labute approximate surface area is 87.9 Å². The molecule has 11 nitrogen and oxygen atoms in total. The Morgan fingerprint density at radius 3 is 2.94 bits per heavy atom. The van der Waals surface area contributed by atoms with E-state index < -0.39 is 11.0 Å². The van der Waals surface area contributed by atoms with Crippen molar-refractivity contribution in [2.75, 3.05) is 6.54 Å². The molecule has 0 spiro atoms. The van der Waals surface area contributed by atoms with E-state index in [0.717, 1.165) is 0 Å². The average Bonchev–Trinajstić information content (AvgIpc) is 2.66. The van der Waals surface area contributed by atoms with E-state index in [1.165, 1.54) is 6.92 Å². The average molecular weight is 226 g/mol. The van der Waals surface area contributed by atoms with E-state index in [-0.39, 0.29) is 18.2 Å². The van der Waals surface area contributed by atoms with E-state index in [4.69, 9.17) is 5.53 Å². The molecule has 1 aromatic rings. The predicted molar refractivity (Wildman–Crippen MR) is 48.9 cm³/mol. The Morgan fingerprint density at radius 1 is 1.62 bits per heavy atom. The summed E-state index contributed by atoms with van der Waals surface area (Å²) in [5.74, 6) is -0.284. The van der Waals surface area contributed by atoms with Crippen LogP contribution in [-0.4, -0.2) is 27.8 Å². The monoisotopic (exact) mass is 226 g/mol. The first-order valence-corrected chi connectivity index (χ1v) is 4.03. The largest absolute Gasteiger partial charge is 0.264 e. The van der Waals surface area contributed by atoms with Gasteiger partial charge in [0.15, 0.2) is 0 Å². The molecular weight excluding hydrogens is 220 g/mol. The molecular formula is C5H6N8O3. The van der Waals surface area contributed by atoms with Crippen LogP contribution >= 0.6 is 0 Å². The van der Waals surface area contributed by atoms with Crippen LogP contribution in [0.2, 0.25) is 0 Å². The van der Waals surface area contributed by atoms with Gasteiger partial charge in [0.25, 0.3) is 0 Å². The van der Waals surface area contributed by atoms with Gasteiger partial charge in [0.05, 0.1) is 0 Å². The number of hydrogen-bond donors (Lipinski definition) is 0. The molecule has 0 aliphatic heterocycles. The SMILES string of the molecule is CC(CN=Nc1nonc1N=[N+]=[N-])[N+](=O)[O-]. The van der Waals surface area contributed by atoms with Crippen molar-refractivity contribution in [2.24, 2.45) is 15.3 Å². The Bertz CT molecular complexity index is 446. The fourth-order valence-corrected chi connectivity index (χ4v) is 0.640. The van der Waals surface area contributed by atoms with Gasteiger partial charge in [-0.1, -0.05) is 0 Å². The molecule has 84 valence electrons. The van der Waals surface area contributed by atoms with Crippen molar-refractivity contribution in [3.05, 3.63) is 20.6 Å². The molecule has 0 radical (unpaired) electrons. The van der Waals surface area contributed by atoms with Crippen molar-refractivity contribution in [3.63, 3.8) is 0 Å². The highest BCUT2D eigenvalue weighted by Gasteiger charge is 2.12. The first-order chi connectivity index (χ1) is 7.65. The molecule has 0 bridgehead atoms. The Morgan fingerprint density at radius 2 is 2.31 bits per heavy atom. The molecule has 1 heterocycles. The lowest BCUT2D eigenvalue weighted by Crippen LogP contribution is -2.17. The van der Waals surface area contributed by atoms with Gasteiger partial charge in [-0.2, -0.15) is 5.11 Å². The summed E-state index contributed by atoms with van der Waals surface area (Å²) in [4.78, 5) is 12.2. The quantitative estimate of drug-likeness (QED) is 0.245. The van der Waals surface area contributed by atoms with Gasteiger partial charge >= 0.3 is 0 Å². The molecule has 0 N–H and O–H groups in total. The number of azo groups is 1. The van der Waals surface area contributed by atoms with E-state index in [9.17, 15) is 10.1 Å². The first kappa shape index (κ1) is 11.5. The van der Waals surface area contributed by atoms with E-state index in [2.05, 4.69) is 35.2 Å². The van der Waals surface area contributed by atoms with E-state index >= 15 is 0 Å². The zero-order valence-corrected chi connectivity index (χ0v) is 8.09. The highest BCUT2D eigenvalue weighted by molar-refractivity contribution is 5.47. The van der Waals surface area contributed by atoms with E-state index in [1.807, 2.05) is 0 Å². The molecule has 0 saturated heterocycles. The maximum absolute atomic E-state index is 10.3. The highest BCUT2D eigenvalue weighted by Crippen LogP contribution is 2.22. The third-order valence-electron chi connectivity index (χ3n) is 1.47. The lowest BCUT2D eigenvalue weighted by molar-refractivity contribution is -0.514. The summed E-state index contributed by atoms with van der Waals surface area (Å²) in [6, 6.07) is -0.855. The first-order valence-electron chi connectivity index (χ1n) is 4.03. The smallest absolute Gasteiger partial charge is 0.247 e. The molecule has 16 heavy (non-hydrogen) atoms. The van der Waals surface area contributed by atoms with Gasteiger partial charge in [0.1, 0.15) is 6.54 Å². The topological polar surface area (TPSA) is 156 Å². The zero-order chi connectivity index (χ0) is 12.0. The van der Waals surface area contributed by atoms with Gasteiger partial charge < -0.3 is 0 Å². The summed E-state index contributed by atoms with van der Waals surface area (Å²) in [5, 5.41) is 26.9. The van der Waals surface area contributed by atoms with Crippen molar-refractivity contribution in [1.29, 1.82) is 0 Å². The molecule has 1 atom stereocenters. The summed E-state index contributed by atoms with van der Waals surface area (Å²) in [6.45, 7) is 1.27. The number of rotatable bonds is 5. The van der Waals surface area contributed by atoms with E-state index in [0.29, 0.717) is 0 Å². The molecule has 1 unspecified atom stereocenters. The molecule has 0 aliphatic carbocycles. The zero-order valence-electron chi connectivity index (χ0n) is 8.09. The van der Waals surface area contributed by atoms with Crippen LogP contribution in [0.15, 0.2) is 20.0 Å². The fraction of sp³-hybridized carbons (Fsp3) is 0.600. The lowest BCUT2D eigenvalue weighted by atomic mass is 10.4. The molecule has 1 aromatic heterocycles. The summed E-state index contributed by atoms with van der Waals surface area (Å²) in [6.07, 6.45) is 0. The molecule has 0 amide bonds. The molecule has 0 aromatic carbocycles. The molecule has 11 heteroatoms. The van der Waals surface area contributed by atoms with E-state index in [1.54, 1.807) is 0 Å². The lowest BCUT2D eigenvalue weighted by Gasteiger charge is -1.95. The second-order valence-electron chi connectivity index (χ2n) is 2.66. The van der Waals surface area contributed by atoms with Crippen molar-refractivity contribution in [3.8, 4) is 0 Å². The van der Waals surface area contributed by atoms with Crippen LogP contribution in [0.4, 0.5) is 11.6 Å². The Balaban J connectivity index is 2.66. The molecule has 0 saturated carbocycles. The summed E-state index contributed by atoms with van der Waals surface area (Å²) >= 11 is 0. The van der Waals surface area contributed by atoms with Crippen molar-refractivity contribution < 1.29 is 9.55 Å². The Hall–Kier alpha value is -2.55. The van der Waals surface area contributed by atoms with Crippen LogP contribution < -0.4 is 0 Å². The maximum atomic E-state index is 10.3. The standard InChI is InChI=1S/C5H6N8O3/c1-3(13(14)15)2-7-8-4-5(9-12-6)11-16-10-4/h3H,2H2,1H3. The van der Waals surface area contributed by atoms with Gasteiger partial charge in [0, 0.05) is 16.8 Å². The van der Waals surface area contributed by atoms with Crippen LogP contribution in [-0.2, 0) is 0 Å². The maximum Gasteiger partial charge on any atom is 0.247 e. The summed E-state index contributed by atoms with van der Waals surface area (Å²) in [7, 11) is 0. The number of azide groups is 1. The minimum absolute atomic E-state index is 0.116. The van der Waals surface area contributed by atoms with Crippen molar-refractivity contribution in [2.45, 2.75) is 13.0 Å². The summed E-state index contributed by atoms with van der Waals surface area (Å²) in [5.41, 5.74) is 8.14. The number of aromatic nitrogens is 2. The van der Waals surface area contributed by atoms with Gasteiger partial charge in [-0.3, -0.25) is 10.1 Å². The van der Waals surface area contributed by atoms with Gasteiger partial charge in [0.2, 0.25) is 17.7 Å². The van der Waals surface area contributed by atoms with Crippen LogP contribution in [0.3, 0.4) is 0 Å². The Kier molecular flexibility index (Phi) is 3.86. The fourth-order valence-electron chi connectivity index (χ4n) is 0.640. The minimum Gasteiger partial charge on any atom is -0.264 e. The number of nitro groups is 1. The summed E-state index contributed by atoms with van der Waals surface area (Å²) < 4.78 is 4.25. The molecule has 1 rings (SSSR count). The van der Waals surface area contributed by atoms with Gasteiger partial charge in [-0.05, 0) is 21.0 Å². The second-order valence-corrected chi connectivity index (χ2v) is 2.66. The normalized spacial score (nSPS) is 12.3. The van der Waals surface area contributed by atoms with Gasteiger partial charge in [-0.15, -0.1) is 5.11 Å². The predicted octanol–water partition coefficient (Wildman–Crippen LogP) is 1.76. The van der Waals surface area contributed by atoms with Crippen LogP contribution in [0.5, 0.6) is 0 Å². The third kappa shape index (κ3) is 2.99. The number of nitrogens with zero attached hydrogens (tertiary/aromatic N) is 8. The van der Waals surface area contributed by atoms with Crippen LogP contribution in [0, 0.1) is 10.1 Å². The van der Waals surface area contributed by atoms with Crippen molar-refractivity contribution >= 4 is 11.6 Å². The van der Waals surface area contributed by atoms with Crippen molar-refractivity contribution in [1.82, 2.24) is 10.3 Å². The number of hydrogen-bond acceptors (Lipinski definition) is 8. The minimum atomic E-state index is -0.855. The van der Waals surface area contributed by atoms with Gasteiger partial charge in [-0.25, -0.2) is 4.63 Å². The molecule has 0 aliphatic rings. The highest BCUT2D eigenvalue weighted by atomic mass is 16.6. The van der Waals surface area contributed by atoms with Crippen LogP contribution in [0.25, 0.3) is 10.4 Å². The molecule has 0 fully saturated rings. The van der Waals surface area contributed by atoms with Crippen LogP contribution in [0.1, 0.15) is 6.92 Å². The second kappa shape index (κ2) is 5.36. The third-order valence-corrected chi connectivity index (χ3v) is 1.47.